The molecule has 0 unspecified atom stereocenters. The fourth-order valence-corrected chi connectivity index (χ4v) is 3.59. The van der Waals surface area contributed by atoms with Crippen LogP contribution in [0.15, 0.2) is 58.3 Å². The summed E-state index contributed by atoms with van der Waals surface area (Å²) >= 11 is 7.78. The van der Waals surface area contributed by atoms with E-state index in [1.807, 2.05) is 42.5 Å². The Morgan fingerprint density at radius 1 is 1.04 bits per heavy atom. The van der Waals surface area contributed by atoms with Crippen LogP contribution in [0.4, 0.5) is 0 Å². The summed E-state index contributed by atoms with van der Waals surface area (Å²) in [6.07, 6.45) is 1.74. The molecule has 0 spiro atoms. The predicted octanol–water partition coefficient (Wildman–Crippen LogP) is 5.69. The highest BCUT2D eigenvalue weighted by Crippen LogP contribution is 2.42. The highest BCUT2D eigenvalue weighted by Gasteiger charge is 2.18. The van der Waals surface area contributed by atoms with Gasteiger partial charge in [-0.15, -0.1) is 12.6 Å². The van der Waals surface area contributed by atoms with Crippen molar-refractivity contribution >= 4 is 28.6 Å². The number of aromatic hydroxyl groups is 1. The molecule has 2 aromatic carbocycles. The summed E-state index contributed by atoms with van der Waals surface area (Å²) in [6.45, 7) is 4.18. The summed E-state index contributed by atoms with van der Waals surface area (Å²) in [5.74, 6) is 0.489. The van der Waals surface area contributed by atoms with Crippen molar-refractivity contribution in [2.75, 3.05) is 0 Å². The lowest BCUT2D eigenvalue weighted by Gasteiger charge is -2.15. The Morgan fingerprint density at radius 2 is 1.75 bits per heavy atom. The molecular weight excluding hydrogens is 384 g/mol. The fourth-order valence-electron chi connectivity index (χ4n) is 2.62. The first-order valence-corrected chi connectivity index (χ1v) is 8.86. The van der Waals surface area contributed by atoms with E-state index in [1.165, 1.54) is 0 Å². The Morgan fingerprint density at radius 3 is 2.42 bits per heavy atom. The molecular formula is C19H17BrN2OS. The predicted molar refractivity (Wildman–Crippen MR) is 104 cm³/mol. The quantitative estimate of drug-likeness (QED) is 0.438. The lowest BCUT2D eigenvalue weighted by molar-refractivity contribution is 0.472. The Labute approximate surface area is 155 Å². The smallest absolute Gasteiger partial charge is 0.184 e. The van der Waals surface area contributed by atoms with Crippen LogP contribution in [0.1, 0.15) is 25.3 Å². The zero-order valence-electron chi connectivity index (χ0n) is 13.4. The van der Waals surface area contributed by atoms with Crippen molar-refractivity contribution in [1.29, 1.82) is 0 Å². The highest BCUT2D eigenvalue weighted by atomic mass is 79.9. The van der Waals surface area contributed by atoms with E-state index in [4.69, 9.17) is 0 Å². The lowest BCUT2D eigenvalue weighted by Crippen LogP contribution is -1.96. The van der Waals surface area contributed by atoms with Gasteiger partial charge in [0.2, 0.25) is 0 Å². The van der Waals surface area contributed by atoms with Crippen molar-refractivity contribution in [3.63, 3.8) is 0 Å². The second-order valence-corrected chi connectivity index (χ2v) is 7.01. The van der Waals surface area contributed by atoms with Crippen molar-refractivity contribution in [1.82, 2.24) is 9.97 Å². The van der Waals surface area contributed by atoms with E-state index in [0.29, 0.717) is 26.8 Å². The first kappa shape index (κ1) is 17.0. The van der Waals surface area contributed by atoms with Crippen LogP contribution < -0.4 is 0 Å². The van der Waals surface area contributed by atoms with Crippen LogP contribution >= 0.6 is 28.6 Å². The van der Waals surface area contributed by atoms with Crippen molar-refractivity contribution < 1.29 is 5.11 Å². The van der Waals surface area contributed by atoms with Crippen molar-refractivity contribution in [3.05, 3.63) is 58.7 Å². The minimum Gasteiger partial charge on any atom is -0.506 e. The van der Waals surface area contributed by atoms with E-state index >= 15 is 0 Å². The third-order valence-electron chi connectivity index (χ3n) is 3.88. The van der Waals surface area contributed by atoms with E-state index in [0.717, 1.165) is 16.7 Å². The molecule has 1 heterocycles. The molecule has 0 aliphatic heterocycles. The number of nitrogens with zero attached hydrogens (tertiary/aromatic N) is 2. The van der Waals surface area contributed by atoms with Gasteiger partial charge in [0.15, 0.2) is 5.16 Å². The zero-order chi connectivity index (χ0) is 17.3. The Hall–Kier alpha value is -1.85. The first-order chi connectivity index (χ1) is 11.5. The van der Waals surface area contributed by atoms with Gasteiger partial charge in [-0.25, -0.2) is 9.97 Å². The van der Waals surface area contributed by atoms with Crippen LogP contribution in [0.5, 0.6) is 5.75 Å². The van der Waals surface area contributed by atoms with Gasteiger partial charge >= 0.3 is 0 Å². The maximum atomic E-state index is 10.7. The molecule has 0 saturated heterocycles. The number of halogens is 1. The number of thiol groups is 1. The normalized spacial score (nSPS) is 11.0. The van der Waals surface area contributed by atoms with E-state index in [-0.39, 0.29) is 5.75 Å². The SMILES string of the molecule is CC(C)c1ccc(-c2nc(S)ncc2-c2ccccc2)c(O)c1Br. The summed E-state index contributed by atoms with van der Waals surface area (Å²) in [4.78, 5) is 8.67. The maximum Gasteiger partial charge on any atom is 0.184 e. The van der Waals surface area contributed by atoms with Crippen LogP contribution in [0.3, 0.4) is 0 Å². The van der Waals surface area contributed by atoms with Crippen molar-refractivity contribution in [2.45, 2.75) is 24.9 Å². The zero-order valence-corrected chi connectivity index (χ0v) is 15.8. The number of aromatic nitrogens is 2. The van der Waals surface area contributed by atoms with Gasteiger partial charge in [-0.05, 0) is 39.0 Å². The Bertz CT molecular complexity index is 882. The van der Waals surface area contributed by atoms with E-state index in [2.05, 4.69) is 52.4 Å². The minimum absolute atomic E-state index is 0.185. The second-order valence-electron chi connectivity index (χ2n) is 5.82. The topological polar surface area (TPSA) is 46.0 Å². The molecule has 3 nitrogen and oxygen atoms in total. The third-order valence-corrected chi connectivity index (χ3v) is 4.93. The molecule has 0 amide bonds. The van der Waals surface area contributed by atoms with Gasteiger partial charge in [-0.2, -0.15) is 0 Å². The first-order valence-electron chi connectivity index (χ1n) is 7.62. The molecule has 5 heteroatoms. The van der Waals surface area contributed by atoms with Crippen LogP contribution in [-0.2, 0) is 0 Å². The van der Waals surface area contributed by atoms with Crippen molar-refractivity contribution in [2.24, 2.45) is 0 Å². The minimum atomic E-state index is 0.185. The molecule has 1 aromatic heterocycles. The van der Waals surface area contributed by atoms with Gasteiger partial charge in [-0.1, -0.05) is 50.2 Å². The molecule has 0 radical (unpaired) electrons. The molecule has 24 heavy (non-hydrogen) atoms. The Kier molecular flexibility index (Phi) is 4.92. The molecule has 0 atom stereocenters. The van der Waals surface area contributed by atoms with Gasteiger partial charge in [0.1, 0.15) is 5.75 Å². The van der Waals surface area contributed by atoms with Gasteiger partial charge in [-0.3, -0.25) is 0 Å². The number of rotatable bonds is 3. The van der Waals surface area contributed by atoms with Crippen LogP contribution in [0.2, 0.25) is 0 Å². The molecule has 3 aromatic rings. The number of phenols is 1. The summed E-state index contributed by atoms with van der Waals surface area (Å²) in [6, 6.07) is 13.8. The molecule has 0 aliphatic rings. The second kappa shape index (κ2) is 6.95. The van der Waals surface area contributed by atoms with Crippen molar-refractivity contribution in [3.8, 4) is 28.1 Å². The molecule has 0 aliphatic carbocycles. The fraction of sp³-hybridized carbons (Fsp3) is 0.158. The van der Waals surface area contributed by atoms with Crippen LogP contribution in [-0.4, -0.2) is 15.1 Å². The molecule has 1 N–H and O–H groups in total. The van der Waals surface area contributed by atoms with Gasteiger partial charge in [0, 0.05) is 17.3 Å². The van der Waals surface area contributed by atoms with Gasteiger partial charge < -0.3 is 5.11 Å². The lowest BCUT2D eigenvalue weighted by atomic mass is 9.96. The average Bonchev–Trinajstić information content (AvgIpc) is 2.57. The summed E-state index contributed by atoms with van der Waals surface area (Å²) in [5.41, 5.74) is 4.22. The number of hydrogen-bond donors (Lipinski definition) is 2. The monoisotopic (exact) mass is 400 g/mol. The number of phenolic OH excluding ortho intramolecular Hbond substituents is 1. The highest BCUT2D eigenvalue weighted by molar-refractivity contribution is 9.10. The summed E-state index contributed by atoms with van der Waals surface area (Å²) in [7, 11) is 0. The largest absolute Gasteiger partial charge is 0.506 e. The van der Waals surface area contributed by atoms with Crippen LogP contribution in [0, 0.1) is 0 Å². The van der Waals surface area contributed by atoms with E-state index in [9.17, 15) is 5.11 Å². The van der Waals surface area contributed by atoms with E-state index < -0.39 is 0 Å². The van der Waals surface area contributed by atoms with Gasteiger partial charge in [0.05, 0.1) is 10.2 Å². The number of hydrogen-bond acceptors (Lipinski definition) is 4. The number of benzene rings is 2. The van der Waals surface area contributed by atoms with Gasteiger partial charge in [0.25, 0.3) is 0 Å². The third kappa shape index (κ3) is 3.19. The molecule has 0 bridgehead atoms. The molecule has 122 valence electrons. The molecule has 3 rings (SSSR count). The Balaban J connectivity index is 2.24. The van der Waals surface area contributed by atoms with E-state index in [1.54, 1.807) is 6.20 Å². The standard InChI is InChI=1S/C19H17BrN2OS/c1-11(2)13-8-9-14(18(23)16(13)20)17-15(10-21-19(24)22-17)12-6-4-3-5-7-12/h3-11,23H,1-2H3,(H,21,22,24). The molecule has 0 saturated carbocycles. The average molecular weight is 401 g/mol. The maximum absolute atomic E-state index is 10.7. The molecule has 0 fully saturated rings. The van der Waals surface area contributed by atoms with Crippen LogP contribution in [0.25, 0.3) is 22.4 Å². The summed E-state index contributed by atoms with van der Waals surface area (Å²) < 4.78 is 0.702. The summed E-state index contributed by atoms with van der Waals surface area (Å²) in [5, 5.41) is 11.1.